The third-order valence-electron chi connectivity index (χ3n) is 1.68. The van der Waals surface area contributed by atoms with Crippen molar-refractivity contribution in [3.05, 3.63) is 0 Å². The molecule has 0 heterocycles. The van der Waals surface area contributed by atoms with Crippen LogP contribution < -0.4 is 5.32 Å². The normalized spacial score (nSPS) is 9.67. The van der Waals surface area contributed by atoms with E-state index < -0.39 is 0 Å². The van der Waals surface area contributed by atoms with E-state index in [2.05, 4.69) is 17.5 Å². The van der Waals surface area contributed by atoms with Gasteiger partial charge in [0, 0.05) is 0 Å². The zero-order valence-corrected chi connectivity index (χ0v) is 8.75. The summed E-state index contributed by atoms with van der Waals surface area (Å²) in [5.74, 6) is 3.87. The van der Waals surface area contributed by atoms with E-state index in [0.717, 1.165) is 6.54 Å². The summed E-state index contributed by atoms with van der Waals surface area (Å²) < 4.78 is 0. The van der Waals surface area contributed by atoms with E-state index in [1.165, 1.54) is 31.4 Å². The van der Waals surface area contributed by atoms with E-state index in [4.69, 9.17) is 6.42 Å². The minimum Gasteiger partial charge on any atom is -0.306 e. The molecular weight excluding hydrogens is 166 g/mol. The Balaban J connectivity index is 2.78. The van der Waals surface area contributed by atoms with Crippen molar-refractivity contribution in [1.29, 1.82) is 0 Å². The fourth-order valence-electron chi connectivity index (χ4n) is 1.01. The maximum absolute atomic E-state index is 5.09. The van der Waals surface area contributed by atoms with Gasteiger partial charge in [0.25, 0.3) is 0 Å². The summed E-state index contributed by atoms with van der Waals surface area (Å²) in [6.07, 6.45) is 12.6. The molecule has 0 aliphatic rings. The van der Waals surface area contributed by atoms with Crippen LogP contribution in [0.25, 0.3) is 0 Å². The summed E-state index contributed by atoms with van der Waals surface area (Å²) in [6.45, 7) is 1.79. The van der Waals surface area contributed by atoms with Crippen LogP contribution in [0.5, 0.6) is 0 Å². The minimum absolute atomic E-state index is 0.713. The van der Waals surface area contributed by atoms with Gasteiger partial charge < -0.3 is 5.32 Å². The second kappa shape index (κ2) is 10.9. The van der Waals surface area contributed by atoms with Gasteiger partial charge >= 0.3 is 0 Å². The van der Waals surface area contributed by atoms with Gasteiger partial charge in [-0.05, 0) is 31.4 Å². The van der Waals surface area contributed by atoms with Crippen LogP contribution in [0.15, 0.2) is 0 Å². The Morgan fingerprint density at radius 3 is 2.67 bits per heavy atom. The van der Waals surface area contributed by atoms with E-state index >= 15 is 0 Å². The standard InChI is InChI=1S/C10H19NS/c1-3-8-11-9-6-4-5-7-10-12-2/h1,11H,4-10H2,2H3. The molecule has 0 atom stereocenters. The molecule has 1 nitrogen and oxygen atoms in total. The van der Waals surface area contributed by atoms with Crippen LogP contribution in [0.4, 0.5) is 0 Å². The highest BCUT2D eigenvalue weighted by molar-refractivity contribution is 7.98. The molecule has 0 amide bonds. The average molecular weight is 185 g/mol. The molecule has 2 heteroatoms. The molecule has 0 bridgehead atoms. The third-order valence-corrected chi connectivity index (χ3v) is 2.38. The van der Waals surface area contributed by atoms with Gasteiger partial charge in [-0.3, -0.25) is 0 Å². The van der Waals surface area contributed by atoms with Crippen LogP contribution in [0.1, 0.15) is 25.7 Å². The van der Waals surface area contributed by atoms with Crippen molar-refractivity contribution in [3.8, 4) is 12.3 Å². The molecule has 70 valence electrons. The highest BCUT2D eigenvalue weighted by Gasteiger charge is 1.88. The smallest absolute Gasteiger partial charge is 0.0573 e. The van der Waals surface area contributed by atoms with Crippen LogP contribution in [0.2, 0.25) is 0 Å². The van der Waals surface area contributed by atoms with E-state index in [1.807, 2.05) is 11.8 Å². The second-order valence-electron chi connectivity index (χ2n) is 2.79. The zero-order chi connectivity index (χ0) is 9.07. The monoisotopic (exact) mass is 185 g/mol. The Morgan fingerprint density at radius 2 is 2.00 bits per heavy atom. The minimum atomic E-state index is 0.713. The quantitative estimate of drug-likeness (QED) is 0.459. The summed E-state index contributed by atoms with van der Waals surface area (Å²) in [5, 5.41) is 3.18. The van der Waals surface area contributed by atoms with Crippen molar-refractivity contribution < 1.29 is 0 Å². The predicted molar refractivity (Wildman–Crippen MR) is 58.6 cm³/mol. The van der Waals surface area contributed by atoms with Crippen molar-refractivity contribution >= 4 is 11.8 Å². The van der Waals surface area contributed by atoms with Crippen molar-refractivity contribution in [3.63, 3.8) is 0 Å². The highest BCUT2D eigenvalue weighted by Crippen LogP contribution is 2.03. The molecule has 0 unspecified atom stereocenters. The van der Waals surface area contributed by atoms with Crippen LogP contribution >= 0.6 is 11.8 Å². The fourth-order valence-corrected chi connectivity index (χ4v) is 1.50. The number of hydrogen-bond donors (Lipinski definition) is 1. The van der Waals surface area contributed by atoms with Crippen LogP contribution in [0.3, 0.4) is 0 Å². The van der Waals surface area contributed by atoms with E-state index in [1.54, 1.807) is 0 Å². The molecule has 0 saturated carbocycles. The molecule has 0 fully saturated rings. The molecule has 0 spiro atoms. The molecule has 0 aromatic carbocycles. The Kier molecular flexibility index (Phi) is 10.8. The van der Waals surface area contributed by atoms with Gasteiger partial charge in [-0.25, -0.2) is 0 Å². The van der Waals surface area contributed by atoms with Crippen molar-refractivity contribution in [2.24, 2.45) is 0 Å². The summed E-state index contributed by atoms with van der Waals surface area (Å²) >= 11 is 1.93. The van der Waals surface area contributed by atoms with Crippen molar-refractivity contribution in [2.45, 2.75) is 25.7 Å². The van der Waals surface area contributed by atoms with Gasteiger partial charge in [0.2, 0.25) is 0 Å². The van der Waals surface area contributed by atoms with E-state index in [9.17, 15) is 0 Å². The first kappa shape index (κ1) is 11.9. The Hall–Kier alpha value is -0.130. The molecule has 1 N–H and O–H groups in total. The predicted octanol–water partition coefficient (Wildman–Crippen LogP) is 2.13. The van der Waals surface area contributed by atoms with E-state index in [0.29, 0.717) is 6.54 Å². The average Bonchev–Trinajstić information content (AvgIpc) is 2.10. The molecule has 0 aliphatic carbocycles. The molecule has 0 aromatic heterocycles. The van der Waals surface area contributed by atoms with Gasteiger partial charge in [-0.15, -0.1) is 6.42 Å². The summed E-state index contributed by atoms with van der Waals surface area (Å²) in [7, 11) is 0. The number of thioether (sulfide) groups is 1. The molecule has 12 heavy (non-hydrogen) atoms. The van der Waals surface area contributed by atoms with E-state index in [-0.39, 0.29) is 0 Å². The summed E-state index contributed by atoms with van der Waals surface area (Å²) in [6, 6.07) is 0. The molecule has 0 aromatic rings. The number of unbranched alkanes of at least 4 members (excludes halogenated alkanes) is 3. The number of rotatable bonds is 8. The first-order valence-corrected chi connectivity index (χ1v) is 5.94. The van der Waals surface area contributed by atoms with Crippen molar-refractivity contribution in [1.82, 2.24) is 5.32 Å². The van der Waals surface area contributed by atoms with Gasteiger partial charge in [-0.2, -0.15) is 11.8 Å². The molecule has 0 radical (unpaired) electrons. The first-order chi connectivity index (χ1) is 5.91. The highest BCUT2D eigenvalue weighted by atomic mass is 32.2. The molecule has 0 aliphatic heterocycles. The first-order valence-electron chi connectivity index (χ1n) is 4.55. The number of hydrogen-bond acceptors (Lipinski definition) is 2. The Labute approximate surface area is 80.7 Å². The summed E-state index contributed by atoms with van der Waals surface area (Å²) in [4.78, 5) is 0. The topological polar surface area (TPSA) is 12.0 Å². The lowest BCUT2D eigenvalue weighted by molar-refractivity contribution is 0.625. The van der Waals surface area contributed by atoms with Gasteiger partial charge in [-0.1, -0.05) is 18.8 Å². The van der Waals surface area contributed by atoms with Crippen LogP contribution in [-0.2, 0) is 0 Å². The largest absolute Gasteiger partial charge is 0.306 e. The van der Waals surface area contributed by atoms with Gasteiger partial charge in [0.05, 0.1) is 6.54 Å². The van der Waals surface area contributed by atoms with Crippen LogP contribution in [-0.4, -0.2) is 25.1 Å². The lowest BCUT2D eigenvalue weighted by Gasteiger charge is -2.00. The molecule has 0 saturated heterocycles. The van der Waals surface area contributed by atoms with Crippen molar-refractivity contribution in [2.75, 3.05) is 25.1 Å². The Bertz CT molecular complexity index is 117. The lowest BCUT2D eigenvalue weighted by Crippen LogP contribution is -2.14. The third kappa shape index (κ3) is 9.87. The second-order valence-corrected chi connectivity index (χ2v) is 3.77. The molecular formula is C10H19NS. The summed E-state index contributed by atoms with van der Waals surface area (Å²) in [5.41, 5.74) is 0. The number of terminal acetylenes is 1. The number of nitrogens with one attached hydrogen (secondary N) is 1. The lowest BCUT2D eigenvalue weighted by atomic mass is 10.2. The maximum Gasteiger partial charge on any atom is 0.0573 e. The van der Waals surface area contributed by atoms with Gasteiger partial charge in [0.15, 0.2) is 0 Å². The van der Waals surface area contributed by atoms with Crippen LogP contribution in [0, 0.1) is 12.3 Å². The zero-order valence-electron chi connectivity index (χ0n) is 7.94. The molecule has 0 rings (SSSR count). The fraction of sp³-hybridized carbons (Fsp3) is 0.800. The maximum atomic E-state index is 5.09. The SMILES string of the molecule is C#CCNCCCCCCSC. The van der Waals surface area contributed by atoms with Gasteiger partial charge in [0.1, 0.15) is 0 Å². The Morgan fingerprint density at radius 1 is 1.25 bits per heavy atom.